The fourth-order valence-electron chi connectivity index (χ4n) is 2.06. The third-order valence-corrected chi connectivity index (χ3v) is 4.00. The average Bonchev–Trinajstić information content (AvgIpc) is 2.45. The van der Waals surface area contributed by atoms with Crippen LogP contribution in [-0.4, -0.2) is 22.5 Å². The molecule has 1 atom stereocenters. The van der Waals surface area contributed by atoms with Gasteiger partial charge in [0.2, 0.25) is 0 Å². The third kappa shape index (κ3) is 3.92. The second-order valence-electron chi connectivity index (χ2n) is 4.66. The summed E-state index contributed by atoms with van der Waals surface area (Å²) in [5.41, 5.74) is 2.12. The van der Waals surface area contributed by atoms with Crippen LogP contribution in [-0.2, 0) is 16.0 Å². The molecule has 0 bridgehead atoms. The zero-order chi connectivity index (χ0) is 15.4. The lowest BCUT2D eigenvalue weighted by molar-refractivity contribution is -0.148. The Labute approximate surface area is 137 Å². The Hall–Kier alpha value is -1.20. The standard InChI is InChI=1S/C15H16BrClN2O2/c1-3-9(15(20)21-4-2)7-13-14(17)19-12-8-10(16)5-6-11(12)18-13/h5-6,8-9H,3-4,7H2,1-2H3. The van der Waals surface area contributed by atoms with Crippen molar-refractivity contribution in [2.75, 3.05) is 6.61 Å². The summed E-state index contributed by atoms with van der Waals surface area (Å²) in [6.45, 7) is 4.12. The number of fused-ring (bicyclic) bond motifs is 1. The summed E-state index contributed by atoms with van der Waals surface area (Å²) < 4.78 is 6.00. The van der Waals surface area contributed by atoms with Crippen LogP contribution >= 0.6 is 27.5 Å². The summed E-state index contributed by atoms with van der Waals surface area (Å²) in [7, 11) is 0. The van der Waals surface area contributed by atoms with Crippen LogP contribution in [0, 0.1) is 5.92 Å². The molecule has 0 amide bonds. The normalized spacial score (nSPS) is 12.4. The molecule has 0 aliphatic heterocycles. The van der Waals surface area contributed by atoms with E-state index < -0.39 is 0 Å². The molecule has 0 aliphatic carbocycles. The summed E-state index contributed by atoms with van der Waals surface area (Å²) >= 11 is 9.59. The first kappa shape index (κ1) is 16.2. The van der Waals surface area contributed by atoms with E-state index in [-0.39, 0.29) is 11.9 Å². The number of aromatic nitrogens is 2. The lowest BCUT2D eigenvalue weighted by atomic mass is 10.0. The molecule has 2 aromatic rings. The van der Waals surface area contributed by atoms with Gasteiger partial charge in [-0.1, -0.05) is 34.5 Å². The van der Waals surface area contributed by atoms with E-state index in [2.05, 4.69) is 25.9 Å². The molecule has 0 fully saturated rings. The number of benzene rings is 1. The maximum Gasteiger partial charge on any atom is 0.309 e. The third-order valence-electron chi connectivity index (χ3n) is 3.20. The molecule has 4 nitrogen and oxygen atoms in total. The number of rotatable bonds is 5. The van der Waals surface area contributed by atoms with Crippen molar-refractivity contribution in [3.05, 3.63) is 33.5 Å². The largest absolute Gasteiger partial charge is 0.466 e. The Morgan fingerprint density at radius 1 is 1.33 bits per heavy atom. The number of hydrogen-bond donors (Lipinski definition) is 0. The van der Waals surface area contributed by atoms with Crippen molar-refractivity contribution in [2.24, 2.45) is 5.92 Å². The van der Waals surface area contributed by atoms with Crippen LogP contribution in [0.1, 0.15) is 26.0 Å². The van der Waals surface area contributed by atoms with Crippen molar-refractivity contribution in [2.45, 2.75) is 26.7 Å². The smallest absolute Gasteiger partial charge is 0.309 e. The summed E-state index contributed by atoms with van der Waals surface area (Å²) in [6.07, 6.45) is 1.11. The average molecular weight is 372 g/mol. The van der Waals surface area contributed by atoms with Gasteiger partial charge < -0.3 is 4.74 Å². The Kier molecular flexibility index (Phi) is 5.53. The van der Waals surface area contributed by atoms with Crippen LogP contribution in [0.2, 0.25) is 5.15 Å². The minimum absolute atomic E-state index is 0.214. The van der Waals surface area contributed by atoms with Gasteiger partial charge in [0, 0.05) is 10.9 Å². The molecule has 0 spiro atoms. The molecule has 6 heteroatoms. The number of carbonyl (C=O) groups is 1. The Morgan fingerprint density at radius 2 is 2.10 bits per heavy atom. The first-order valence-electron chi connectivity index (χ1n) is 6.83. The zero-order valence-corrected chi connectivity index (χ0v) is 14.2. The maximum atomic E-state index is 11.9. The monoisotopic (exact) mass is 370 g/mol. The predicted molar refractivity (Wildman–Crippen MR) is 86.4 cm³/mol. The van der Waals surface area contributed by atoms with Crippen molar-refractivity contribution in [1.29, 1.82) is 0 Å². The van der Waals surface area contributed by atoms with Gasteiger partial charge in [0.15, 0.2) is 5.15 Å². The van der Waals surface area contributed by atoms with E-state index in [0.717, 1.165) is 15.5 Å². The second-order valence-corrected chi connectivity index (χ2v) is 5.93. The van der Waals surface area contributed by atoms with E-state index in [1.54, 1.807) is 6.92 Å². The van der Waals surface area contributed by atoms with Gasteiger partial charge in [-0.15, -0.1) is 0 Å². The Balaban J connectivity index is 2.31. The van der Waals surface area contributed by atoms with Crippen molar-refractivity contribution in [3.63, 3.8) is 0 Å². The topological polar surface area (TPSA) is 52.1 Å². The molecule has 1 heterocycles. The molecule has 1 aromatic carbocycles. The fourth-order valence-corrected chi connectivity index (χ4v) is 2.62. The summed E-state index contributed by atoms with van der Waals surface area (Å²) in [5, 5.41) is 0.336. The zero-order valence-electron chi connectivity index (χ0n) is 11.9. The molecule has 0 saturated carbocycles. The van der Waals surface area contributed by atoms with Crippen LogP contribution in [0.25, 0.3) is 11.0 Å². The Bertz CT molecular complexity index is 663. The number of carbonyl (C=O) groups excluding carboxylic acids is 1. The van der Waals surface area contributed by atoms with Gasteiger partial charge in [0.05, 0.1) is 29.3 Å². The molecule has 1 unspecified atom stereocenters. The summed E-state index contributed by atoms with van der Waals surface area (Å²) in [5.74, 6) is -0.460. The van der Waals surface area contributed by atoms with Gasteiger partial charge >= 0.3 is 5.97 Å². The van der Waals surface area contributed by atoms with Crippen LogP contribution in [0.15, 0.2) is 22.7 Å². The van der Waals surface area contributed by atoms with Crippen molar-refractivity contribution >= 4 is 44.5 Å². The van der Waals surface area contributed by atoms with Gasteiger partial charge in [0.25, 0.3) is 0 Å². The van der Waals surface area contributed by atoms with Crippen LogP contribution in [0.5, 0.6) is 0 Å². The lowest BCUT2D eigenvalue weighted by Gasteiger charge is -2.14. The van der Waals surface area contributed by atoms with Crippen molar-refractivity contribution < 1.29 is 9.53 Å². The fraction of sp³-hybridized carbons (Fsp3) is 0.400. The summed E-state index contributed by atoms with van der Waals surface area (Å²) in [6, 6.07) is 5.63. The molecule has 0 N–H and O–H groups in total. The lowest BCUT2D eigenvalue weighted by Crippen LogP contribution is -2.20. The molecule has 0 radical (unpaired) electrons. The quantitative estimate of drug-likeness (QED) is 0.740. The molecule has 112 valence electrons. The van der Waals surface area contributed by atoms with E-state index in [1.165, 1.54) is 0 Å². The molecular weight excluding hydrogens is 356 g/mol. The van der Waals surface area contributed by atoms with E-state index >= 15 is 0 Å². The number of esters is 1. The van der Waals surface area contributed by atoms with E-state index in [4.69, 9.17) is 16.3 Å². The highest BCUT2D eigenvalue weighted by Crippen LogP contribution is 2.23. The van der Waals surface area contributed by atoms with Crippen LogP contribution in [0.3, 0.4) is 0 Å². The highest BCUT2D eigenvalue weighted by Gasteiger charge is 2.21. The first-order chi connectivity index (χ1) is 10.0. The molecule has 1 aromatic heterocycles. The molecule has 2 rings (SSSR count). The Morgan fingerprint density at radius 3 is 2.76 bits per heavy atom. The molecular formula is C15H16BrClN2O2. The van der Waals surface area contributed by atoms with Crippen molar-refractivity contribution in [3.8, 4) is 0 Å². The molecule has 21 heavy (non-hydrogen) atoms. The number of nitrogens with zero attached hydrogens (tertiary/aromatic N) is 2. The minimum atomic E-state index is -0.246. The highest BCUT2D eigenvalue weighted by atomic mass is 79.9. The SMILES string of the molecule is CCOC(=O)C(CC)Cc1nc2ccc(Br)cc2nc1Cl. The highest BCUT2D eigenvalue weighted by molar-refractivity contribution is 9.10. The number of halogens is 2. The van der Waals surface area contributed by atoms with E-state index in [1.807, 2.05) is 25.1 Å². The second kappa shape index (κ2) is 7.18. The van der Waals surface area contributed by atoms with Gasteiger partial charge in [-0.2, -0.15) is 0 Å². The maximum absolute atomic E-state index is 11.9. The van der Waals surface area contributed by atoms with E-state index in [0.29, 0.717) is 30.3 Å². The van der Waals surface area contributed by atoms with Crippen molar-refractivity contribution in [1.82, 2.24) is 9.97 Å². The predicted octanol–water partition coefficient (Wildman–Crippen LogP) is 4.18. The number of ether oxygens (including phenoxy) is 1. The molecule has 0 aliphatic rings. The molecule has 0 saturated heterocycles. The first-order valence-corrected chi connectivity index (χ1v) is 8.00. The van der Waals surface area contributed by atoms with Gasteiger partial charge in [-0.05, 0) is 31.5 Å². The van der Waals surface area contributed by atoms with Crippen LogP contribution < -0.4 is 0 Å². The minimum Gasteiger partial charge on any atom is -0.466 e. The van der Waals surface area contributed by atoms with Gasteiger partial charge in [0.1, 0.15) is 0 Å². The van der Waals surface area contributed by atoms with Crippen LogP contribution in [0.4, 0.5) is 0 Å². The van der Waals surface area contributed by atoms with Gasteiger partial charge in [-0.3, -0.25) is 4.79 Å². The summed E-state index contributed by atoms with van der Waals surface area (Å²) in [4.78, 5) is 20.8. The van der Waals surface area contributed by atoms with E-state index in [9.17, 15) is 4.79 Å². The number of hydrogen-bond acceptors (Lipinski definition) is 4. The van der Waals surface area contributed by atoms with Gasteiger partial charge in [-0.25, -0.2) is 9.97 Å².